The largest absolute Gasteiger partial charge is 0.490 e. The van der Waals surface area contributed by atoms with E-state index in [2.05, 4.69) is 16.4 Å². The molecule has 0 unspecified atom stereocenters. The Morgan fingerprint density at radius 3 is 2.80 bits per heavy atom. The fraction of sp³-hybridized carbons (Fsp3) is 0.250. The highest BCUT2D eigenvalue weighted by Gasteiger charge is 2.10. The van der Waals surface area contributed by atoms with E-state index in [0.29, 0.717) is 25.3 Å². The first-order chi connectivity index (χ1) is 12.0. The molecule has 1 amide bonds. The van der Waals surface area contributed by atoms with Crippen LogP contribution in [0.2, 0.25) is 0 Å². The van der Waals surface area contributed by atoms with Gasteiger partial charge in [-0.05, 0) is 55.7 Å². The molecule has 0 atom stereocenters. The van der Waals surface area contributed by atoms with Crippen LogP contribution in [0.25, 0.3) is 10.9 Å². The van der Waals surface area contributed by atoms with Crippen molar-refractivity contribution in [2.24, 2.45) is 0 Å². The minimum Gasteiger partial charge on any atom is -0.490 e. The fourth-order valence-corrected chi connectivity index (χ4v) is 2.83. The van der Waals surface area contributed by atoms with Gasteiger partial charge in [0.15, 0.2) is 11.6 Å². The summed E-state index contributed by atoms with van der Waals surface area (Å²) in [6, 6.07) is 12.3. The summed E-state index contributed by atoms with van der Waals surface area (Å²) >= 11 is 0. The van der Waals surface area contributed by atoms with Gasteiger partial charge in [0, 0.05) is 17.4 Å². The number of aromatic nitrogens is 1. The van der Waals surface area contributed by atoms with Gasteiger partial charge < -0.3 is 15.0 Å². The van der Waals surface area contributed by atoms with Crippen LogP contribution in [-0.4, -0.2) is 24.0 Å². The Kier molecular flexibility index (Phi) is 5.03. The van der Waals surface area contributed by atoms with E-state index in [0.717, 1.165) is 22.0 Å². The molecule has 4 nitrogen and oxygen atoms in total. The van der Waals surface area contributed by atoms with Crippen LogP contribution < -0.4 is 10.1 Å². The predicted molar refractivity (Wildman–Crippen MR) is 96.6 cm³/mol. The lowest BCUT2D eigenvalue weighted by atomic mass is 10.1. The number of aryl methyl sites for hydroxylation is 2. The summed E-state index contributed by atoms with van der Waals surface area (Å²) in [5.41, 5.74) is 3.80. The molecule has 130 valence electrons. The van der Waals surface area contributed by atoms with Gasteiger partial charge in [0.1, 0.15) is 5.69 Å². The first-order valence-electron chi connectivity index (χ1n) is 8.30. The van der Waals surface area contributed by atoms with E-state index < -0.39 is 0 Å². The molecule has 2 N–H and O–H groups in total. The second-order valence-electron chi connectivity index (χ2n) is 6.11. The monoisotopic (exact) mass is 340 g/mol. The summed E-state index contributed by atoms with van der Waals surface area (Å²) in [5, 5.41) is 3.91. The summed E-state index contributed by atoms with van der Waals surface area (Å²) in [6.07, 6.45) is 0.596. The molecule has 3 rings (SSSR count). The van der Waals surface area contributed by atoms with Crippen LogP contribution in [0.3, 0.4) is 0 Å². The highest BCUT2D eigenvalue weighted by Crippen LogP contribution is 2.21. The maximum atomic E-state index is 13.4. The summed E-state index contributed by atoms with van der Waals surface area (Å²) in [5.74, 6) is -0.301. The van der Waals surface area contributed by atoms with Gasteiger partial charge in [-0.2, -0.15) is 0 Å². The van der Waals surface area contributed by atoms with E-state index >= 15 is 0 Å². The number of amides is 1. The van der Waals surface area contributed by atoms with Crippen molar-refractivity contribution in [2.75, 3.05) is 13.2 Å². The zero-order chi connectivity index (χ0) is 17.8. The van der Waals surface area contributed by atoms with Gasteiger partial charge in [-0.3, -0.25) is 4.79 Å². The van der Waals surface area contributed by atoms with Crippen molar-refractivity contribution < 1.29 is 13.9 Å². The summed E-state index contributed by atoms with van der Waals surface area (Å²) in [7, 11) is 0. The van der Waals surface area contributed by atoms with Crippen molar-refractivity contribution in [3.05, 3.63) is 65.1 Å². The van der Waals surface area contributed by atoms with Crippen LogP contribution in [-0.2, 0) is 0 Å². The van der Waals surface area contributed by atoms with Crippen molar-refractivity contribution in [1.82, 2.24) is 10.3 Å². The zero-order valence-corrected chi connectivity index (χ0v) is 14.4. The van der Waals surface area contributed by atoms with E-state index in [4.69, 9.17) is 4.74 Å². The van der Waals surface area contributed by atoms with Crippen LogP contribution in [0, 0.1) is 19.7 Å². The third-order valence-electron chi connectivity index (χ3n) is 4.03. The molecule has 2 aromatic carbocycles. The molecule has 25 heavy (non-hydrogen) atoms. The molecule has 0 aliphatic rings. The molecule has 0 saturated carbocycles. The highest BCUT2D eigenvalue weighted by atomic mass is 19.1. The van der Waals surface area contributed by atoms with Crippen molar-refractivity contribution in [1.29, 1.82) is 0 Å². The molecule has 1 aromatic heterocycles. The molecule has 3 aromatic rings. The fourth-order valence-electron chi connectivity index (χ4n) is 2.83. The minimum absolute atomic E-state index is 0.154. The van der Waals surface area contributed by atoms with Gasteiger partial charge in [-0.25, -0.2) is 4.39 Å². The second kappa shape index (κ2) is 7.38. The third kappa shape index (κ3) is 3.99. The lowest BCUT2D eigenvalue weighted by molar-refractivity contribution is 0.0947. The Bertz CT molecular complexity index is 902. The number of benzene rings is 2. The second-order valence-corrected chi connectivity index (χ2v) is 6.11. The standard InChI is InChI=1S/C20H21FN2O2/c1-13-10-14(2)15-12-18(23-17(15)11-13)20(24)22-8-5-9-25-19-7-4-3-6-16(19)21/h3-4,6-7,10-12,23H,5,8-9H2,1-2H3,(H,22,24). The average molecular weight is 340 g/mol. The van der Waals surface area contributed by atoms with E-state index in [-0.39, 0.29) is 17.5 Å². The van der Waals surface area contributed by atoms with Gasteiger partial charge in [0.25, 0.3) is 5.91 Å². The molecule has 0 saturated heterocycles. The van der Waals surface area contributed by atoms with Gasteiger partial charge >= 0.3 is 0 Å². The number of hydrogen-bond donors (Lipinski definition) is 2. The number of aromatic amines is 1. The van der Waals surface area contributed by atoms with E-state index in [9.17, 15) is 9.18 Å². The Labute approximate surface area is 146 Å². The van der Waals surface area contributed by atoms with Gasteiger partial charge in [-0.1, -0.05) is 18.2 Å². The van der Waals surface area contributed by atoms with Crippen LogP contribution in [0.1, 0.15) is 28.0 Å². The number of para-hydroxylation sites is 1. The van der Waals surface area contributed by atoms with Crippen LogP contribution in [0.5, 0.6) is 5.75 Å². The minimum atomic E-state index is -0.379. The van der Waals surface area contributed by atoms with Crippen LogP contribution in [0.4, 0.5) is 4.39 Å². The smallest absolute Gasteiger partial charge is 0.267 e. The number of rotatable bonds is 6. The summed E-state index contributed by atoms with van der Waals surface area (Å²) in [6.45, 7) is 4.86. The van der Waals surface area contributed by atoms with Crippen molar-refractivity contribution in [3.63, 3.8) is 0 Å². The Hall–Kier alpha value is -2.82. The zero-order valence-electron chi connectivity index (χ0n) is 14.4. The number of carbonyl (C=O) groups excluding carboxylic acids is 1. The lowest BCUT2D eigenvalue weighted by Gasteiger charge is -2.07. The maximum absolute atomic E-state index is 13.4. The van der Waals surface area contributed by atoms with Crippen molar-refractivity contribution in [3.8, 4) is 5.75 Å². The average Bonchev–Trinajstić information content (AvgIpc) is 3.00. The number of nitrogens with one attached hydrogen (secondary N) is 2. The van der Waals surface area contributed by atoms with Gasteiger partial charge in [-0.15, -0.1) is 0 Å². The molecular weight excluding hydrogens is 319 g/mol. The summed E-state index contributed by atoms with van der Waals surface area (Å²) < 4.78 is 18.8. The number of carbonyl (C=O) groups is 1. The topological polar surface area (TPSA) is 54.1 Å². The number of ether oxygens (including phenoxy) is 1. The molecule has 0 fully saturated rings. The highest BCUT2D eigenvalue weighted by molar-refractivity contribution is 5.98. The molecule has 0 radical (unpaired) electrons. The Balaban J connectivity index is 1.51. The third-order valence-corrected chi connectivity index (χ3v) is 4.03. The molecule has 1 heterocycles. The first kappa shape index (κ1) is 17.0. The van der Waals surface area contributed by atoms with Crippen molar-refractivity contribution in [2.45, 2.75) is 20.3 Å². The van der Waals surface area contributed by atoms with Gasteiger partial charge in [0.2, 0.25) is 0 Å². The number of halogens is 1. The predicted octanol–water partition coefficient (Wildman–Crippen LogP) is 4.12. The van der Waals surface area contributed by atoms with E-state index in [1.54, 1.807) is 18.2 Å². The molecular formula is C20H21FN2O2. The first-order valence-corrected chi connectivity index (χ1v) is 8.30. The number of fused-ring (bicyclic) bond motifs is 1. The summed E-state index contributed by atoms with van der Waals surface area (Å²) in [4.78, 5) is 15.4. The Morgan fingerprint density at radius 2 is 2.00 bits per heavy atom. The van der Waals surface area contributed by atoms with Gasteiger partial charge in [0.05, 0.1) is 6.61 Å². The molecule has 0 aliphatic carbocycles. The quantitative estimate of drug-likeness (QED) is 0.663. The van der Waals surface area contributed by atoms with Crippen LogP contribution in [0.15, 0.2) is 42.5 Å². The van der Waals surface area contributed by atoms with E-state index in [1.165, 1.54) is 6.07 Å². The SMILES string of the molecule is Cc1cc(C)c2cc(C(=O)NCCCOc3ccccc3F)[nH]c2c1. The molecule has 5 heteroatoms. The number of H-pyrrole nitrogens is 1. The number of hydrogen-bond acceptors (Lipinski definition) is 2. The molecule has 0 aliphatic heterocycles. The van der Waals surface area contributed by atoms with Crippen molar-refractivity contribution >= 4 is 16.8 Å². The Morgan fingerprint density at radius 1 is 1.20 bits per heavy atom. The normalized spacial score (nSPS) is 10.8. The van der Waals surface area contributed by atoms with E-state index in [1.807, 2.05) is 26.0 Å². The molecule has 0 spiro atoms. The maximum Gasteiger partial charge on any atom is 0.267 e. The lowest BCUT2D eigenvalue weighted by Crippen LogP contribution is -2.25. The molecule has 0 bridgehead atoms. The van der Waals surface area contributed by atoms with Crippen LogP contribution >= 0.6 is 0 Å².